The van der Waals surface area contributed by atoms with Gasteiger partial charge in [-0.3, -0.25) is 4.79 Å². The highest BCUT2D eigenvalue weighted by atomic mass is 19.1. The highest BCUT2D eigenvalue weighted by Gasteiger charge is 2.30. The first-order chi connectivity index (χ1) is 13.1. The summed E-state index contributed by atoms with van der Waals surface area (Å²) < 4.78 is 24.9. The van der Waals surface area contributed by atoms with Crippen LogP contribution in [0.25, 0.3) is 6.08 Å². The number of carbonyl (C=O) groups is 1. The van der Waals surface area contributed by atoms with Gasteiger partial charge in [-0.15, -0.1) is 0 Å². The Morgan fingerprint density at radius 2 is 1.85 bits per heavy atom. The second-order valence-electron chi connectivity index (χ2n) is 6.33. The molecule has 0 fully saturated rings. The van der Waals surface area contributed by atoms with E-state index in [-0.39, 0.29) is 18.2 Å². The van der Waals surface area contributed by atoms with E-state index < -0.39 is 0 Å². The highest BCUT2D eigenvalue weighted by molar-refractivity contribution is 6.14. The summed E-state index contributed by atoms with van der Waals surface area (Å²) in [5.41, 5.74) is 2.90. The van der Waals surface area contributed by atoms with Gasteiger partial charge in [-0.1, -0.05) is 42.5 Å². The van der Waals surface area contributed by atoms with E-state index in [9.17, 15) is 9.18 Å². The number of fused-ring (bicyclic) bond motifs is 1. The van der Waals surface area contributed by atoms with Crippen molar-refractivity contribution in [2.75, 3.05) is 0 Å². The molecule has 0 amide bonds. The molecule has 4 heteroatoms. The zero-order valence-electron chi connectivity index (χ0n) is 14.7. The molecular weight excluding hydrogens is 343 g/mol. The summed E-state index contributed by atoms with van der Waals surface area (Å²) in [5, 5.41) is 0. The van der Waals surface area contributed by atoms with E-state index in [1.807, 2.05) is 37.3 Å². The quantitative estimate of drug-likeness (QED) is 0.590. The third-order valence-corrected chi connectivity index (χ3v) is 4.42. The van der Waals surface area contributed by atoms with E-state index in [0.717, 1.165) is 16.7 Å². The minimum absolute atomic E-state index is 0.145. The monoisotopic (exact) mass is 360 g/mol. The van der Waals surface area contributed by atoms with E-state index >= 15 is 0 Å². The fourth-order valence-electron chi connectivity index (χ4n) is 3.01. The summed E-state index contributed by atoms with van der Waals surface area (Å²) >= 11 is 0. The number of rotatable bonds is 4. The van der Waals surface area contributed by atoms with Crippen LogP contribution in [-0.2, 0) is 6.61 Å². The number of benzene rings is 3. The van der Waals surface area contributed by atoms with Gasteiger partial charge < -0.3 is 9.47 Å². The van der Waals surface area contributed by atoms with Gasteiger partial charge in [-0.2, -0.15) is 0 Å². The Hall–Kier alpha value is -3.40. The average Bonchev–Trinajstić information content (AvgIpc) is 2.99. The molecule has 0 saturated heterocycles. The van der Waals surface area contributed by atoms with Crippen LogP contribution in [0, 0.1) is 12.7 Å². The number of carbonyl (C=O) groups excluding carboxylic acids is 1. The molecule has 0 radical (unpaired) electrons. The van der Waals surface area contributed by atoms with Crippen molar-refractivity contribution < 1.29 is 18.7 Å². The molecule has 3 nitrogen and oxygen atoms in total. The lowest BCUT2D eigenvalue weighted by Crippen LogP contribution is -1.98. The van der Waals surface area contributed by atoms with Crippen LogP contribution in [0.4, 0.5) is 4.39 Å². The Morgan fingerprint density at radius 1 is 1.04 bits per heavy atom. The first-order valence-electron chi connectivity index (χ1n) is 8.62. The Kier molecular flexibility index (Phi) is 4.47. The Labute approximate surface area is 156 Å². The number of allylic oxidation sites excluding steroid dienone is 1. The van der Waals surface area contributed by atoms with E-state index in [1.54, 1.807) is 30.3 Å². The van der Waals surface area contributed by atoms with E-state index in [4.69, 9.17) is 9.47 Å². The third kappa shape index (κ3) is 3.47. The van der Waals surface area contributed by atoms with Gasteiger partial charge in [0.15, 0.2) is 5.76 Å². The fraction of sp³-hybridized carbons (Fsp3) is 0.0870. The molecule has 0 atom stereocenters. The van der Waals surface area contributed by atoms with E-state index in [1.165, 1.54) is 12.1 Å². The molecule has 3 aromatic carbocycles. The van der Waals surface area contributed by atoms with Gasteiger partial charge in [0.1, 0.15) is 23.9 Å². The molecule has 1 aliphatic rings. The van der Waals surface area contributed by atoms with E-state index in [2.05, 4.69) is 0 Å². The van der Waals surface area contributed by atoms with Crippen LogP contribution in [0.5, 0.6) is 11.5 Å². The number of ketones is 1. The summed E-state index contributed by atoms with van der Waals surface area (Å²) in [6.07, 6.45) is 1.73. The summed E-state index contributed by atoms with van der Waals surface area (Å²) in [4.78, 5) is 12.6. The Balaban J connectivity index is 1.57. The van der Waals surface area contributed by atoms with Crippen molar-refractivity contribution >= 4 is 11.9 Å². The maximum atomic E-state index is 13.3. The van der Waals surface area contributed by atoms with Crippen LogP contribution in [0.2, 0.25) is 0 Å². The zero-order chi connectivity index (χ0) is 18.8. The van der Waals surface area contributed by atoms with Crippen molar-refractivity contribution in [2.45, 2.75) is 13.5 Å². The summed E-state index contributed by atoms with van der Waals surface area (Å²) in [6.45, 7) is 2.08. The molecule has 0 N–H and O–H groups in total. The van der Waals surface area contributed by atoms with Gasteiger partial charge in [0.2, 0.25) is 5.78 Å². The predicted octanol–water partition coefficient (Wildman–Crippen LogP) is 5.33. The number of Topliss-reactive ketones (excluding diaryl/α,β-unsaturated/α-hetero) is 1. The van der Waals surface area contributed by atoms with Crippen LogP contribution in [0.3, 0.4) is 0 Å². The van der Waals surface area contributed by atoms with Crippen LogP contribution in [0.1, 0.15) is 27.0 Å². The molecule has 1 aliphatic heterocycles. The molecule has 0 bridgehead atoms. The molecule has 1 heterocycles. The Morgan fingerprint density at radius 3 is 2.63 bits per heavy atom. The van der Waals surface area contributed by atoms with Crippen molar-refractivity contribution in [3.05, 3.63) is 101 Å². The van der Waals surface area contributed by atoms with E-state index in [0.29, 0.717) is 22.8 Å². The molecule has 0 spiro atoms. The van der Waals surface area contributed by atoms with Crippen molar-refractivity contribution in [3.63, 3.8) is 0 Å². The maximum Gasteiger partial charge on any atom is 0.231 e. The number of hydrogen-bond donors (Lipinski definition) is 0. The zero-order valence-corrected chi connectivity index (χ0v) is 14.7. The lowest BCUT2D eigenvalue weighted by atomic mass is 10.1. The average molecular weight is 360 g/mol. The summed E-state index contributed by atoms with van der Waals surface area (Å²) in [6, 6.07) is 19.3. The fourth-order valence-corrected chi connectivity index (χ4v) is 3.01. The van der Waals surface area contributed by atoms with Gasteiger partial charge in [0.05, 0.1) is 5.56 Å². The molecule has 0 aromatic heterocycles. The molecule has 3 aromatic rings. The molecule has 27 heavy (non-hydrogen) atoms. The van der Waals surface area contributed by atoms with Gasteiger partial charge in [0.25, 0.3) is 0 Å². The topological polar surface area (TPSA) is 35.5 Å². The molecule has 0 saturated carbocycles. The lowest BCUT2D eigenvalue weighted by Gasteiger charge is -2.11. The van der Waals surface area contributed by atoms with Crippen molar-refractivity contribution in [1.29, 1.82) is 0 Å². The molecular formula is C23H17FO3. The first-order valence-corrected chi connectivity index (χ1v) is 8.62. The summed E-state index contributed by atoms with van der Waals surface area (Å²) in [5.74, 6) is 0.965. The second-order valence-corrected chi connectivity index (χ2v) is 6.33. The number of hydrogen-bond acceptors (Lipinski definition) is 3. The van der Waals surface area contributed by atoms with Crippen LogP contribution < -0.4 is 9.47 Å². The minimum atomic E-state index is -0.300. The molecule has 4 rings (SSSR count). The number of halogens is 1. The lowest BCUT2D eigenvalue weighted by molar-refractivity contribution is 0.101. The summed E-state index contributed by atoms with van der Waals surface area (Å²) in [7, 11) is 0. The smallest absolute Gasteiger partial charge is 0.231 e. The number of ether oxygens (including phenoxy) is 2. The molecule has 0 aliphatic carbocycles. The van der Waals surface area contributed by atoms with Crippen molar-refractivity contribution in [2.24, 2.45) is 0 Å². The van der Waals surface area contributed by atoms with Crippen LogP contribution in [0.15, 0.2) is 72.5 Å². The molecule has 0 unspecified atom stereocenters. The highest BCUT2D eigenvalue weighted by Crippen LogP contribution is 2.39. The van der Waals surface area contributed by atoms with Crippen molar-refractivity contribution in [3.8, 4) is 11.5 Å². The first kappa shape index (κ1) is 17.0. The molecule has 134 valence electrons. The van der Waals surface area contributed by atoms with Gasteiger partial charge in [-0.05, 0) is 48.4 Å². The SMILES string of the molecule is Cc1c(OCc2cccc(F)c2)ccc2c1O/C(=C\c1ccccc1)C2=O. The normalized spacial score (nSPS) is 14.1. The van der Waals surface area contributed by atoms with Gasteiger partial charge in [-0.25, -0.2) is 4.39 Å². The van der Waals surface area contributed by atoms with Crippen LogP contribution >= 0.6 is 0 Å². The predicted molar refractivity (Wildman–Crippen MR) is 101 cm³/mol. The Bertz CT molecular complexity index is 1040. The standard InChI is InChI=1S/C23H17FO3/c1-15-20(26-14-17-8-5-9-18(24)12-17)11-10-19-22(25)21(27-23(15)19)13-16-6-3-2-4-7-16/h2-13H,14H2,1H3/b21-13-. The van der Waals surface area contributed by atoms with Crippen molar-refractivity contribution in [1.82, 2.24) is 0 Å². The minimum Gasteiger partial charge on any atom is -0.488 e. The van der Waals surface area contributed by atoms with Gasteiger partial charge in [0, 0.05) is 5.56 Å². The largest absolute Gasteiger partial charge is 0.488 e. The third-order valence-electron chi connectivity index (χ3n) is 4.42. The van der Waals surface area contributed by atoms with Crippen LogP contribution in [-0.4, -0.2) is 5.78 Å². The maximum absolute atomic E-state index is 13.3. The van der Waals surface area contributed by atoms with Gasteiger partial charge >= 0.3 is 0 Å². The second kappa shape index (κ2) is 7.08.